The molecule has 74 valence electrons. The highest BCUT2D eigenvalue weighted by molar-refractivity contribution is 5.86. The summed E-state index contributed by atoms with van der Waals surface area (Å²) in [4.78, 5) is 12.8. The lowest BCUT2D eigenvalue weighted by atomic mass is 10.1. The molecule has 0 saturated carbocycles. The van der Waals surface area contributed by atoms with Gasteiger partial charge in [0.2, 0.25) is 0 Å². The second-order valence-electron chi connectivity index (χ2n) is 3.05. The Balaban J connectivity index is 2.84. The van der Waals surface area contributed by atoms with Crippen molar-refractivity contribution in [2.24, 2.45) is 0 Å². The molecule has 2 aromatic heterocycles. The number of fused-ring (bicyclic) bond motifs is 1. The van der Waals surface area contributed by atoms with E-state index < -0.39 is 0 Å². The van der Waals surface area contributed by atoms with Gasteiger partial charge in [0.1, 0.15) is 5.52 Å². The van der Waals surface area contributed by atoms with E-state index in [2.05, 4.69) is 21.5 Å². The van der Waals surface area contributed by atoms with E-state index in [4.69, 9.17) is 0 Å². The van der Waals surface area contributed by atoms with Crippen LogP contribution in [-0.2, 0) is 0 Å². The van der Waals surface area contributed by atoms with Crippen LogP contribution >= 0.6 is 0 Å². The van der Waals surface area contributed by atoms with Gasteiger partial charge in [0.05, 0.1) is 17.4 Å². The lowest BCUT2D eigenvalue weighted by Gasteiger charge is -2.03. The van der Waals surface area contributed by atoms with Crippen molar-refractivity contribution in [3.63, 3.8) is 0 Å². The summed E-state index contributed by atoms with van der Waals surface area (Å²) < 4.78 is 0. The number of rotatable bonds is 2. The minimum Gasteiger partial charge on any atom is -0.254 e. The van der Waals surface area contributed by atoms with Crippen LogP contribution in [-0.4, -0.2) is 15.0 Å². The largest absolute Gasteiger partial charge is 0.254 e. The first-order valence-electron chi connectivity index (χ1n) is 4.71. The quantitative estimate of drug-likeness (QED) is 0.743. The number of allylic oxidation sites excluding steroid dienone is 1. The third-order valence-electron chi connectivity index (χ3n) is 2.11. The molecule has 0 unspecified atom stereocenters. The van der Waals surface area contributed by atoms with Crippen LogP contribution in [0.25, 0.3) is 23.2 Å². The first-order valence-corrected chi connectivity index (χ1v) is 4.71. The summed E-state index contributed by atoms with van der Waals surface area (Å²) in [5, 5.41) is 0. The van der Waals surface area contributed by atoms with Gasteiger partial charge >= 0.3 is 0 Å². The SMILES string of the molecule is C=Cc1ncc2nccnc2c1/C=C\C. The number of pyridine rings is 1. The molecular weight excluding hydrogens is 186 g/mol. The Morgan fingerprint density at radius 2 is 2.00 bits per heavy atom. The van der Waals surface area contributed by atoms with Crippen LogP contribution in [0.15, 0.2) is 31.2 Å². The average Bonchev–Trinajstić information content (AvgIpc) is 2.30. The molecule has 15 heavy (non-hydrogen) atoms. The second kappa shape index (κ2) is 4.00. The molecule has 0 bridgehead atoms. The van der Waals surface area contributed by atoms with Crippen LogP contribution in [0.2, 0.25) is 0 Å². The number of aromatic nitrogens is 3. The van der Waals surface area contributed by atoms with Crippen molar-refractivity contribution in [3.05, 3.63) is 42.5 Å². The second-order valence-corrected chi connectivity index (χ2v) is 3.05. The molecule has 0 aliphatic heterocycles. The van der Waals surface area contributed by atoms with Crippen molar-refractivity contribution in [1.29, 1.82) is 0 Å². The van der Waals surface area contributed by atoms with Gasteiger partial charge in [-0.1, -0.05) is 18.7 Å². The number of hydrogen-bond donors (Lipinski definition) is 0. The summed E-state index contributed by atoms with van der Waals surface area (Å²) in [6.45, 7) is 5.70. The number of hydrogen-bond acceptors (Lipinski definition) is 3. The molecule has 0 radical (unpaired) electrons. The molecule has 3 nitrogen and oxygen atoms in total. The Morgan fingerprint density at radius 1 is 1.20 bits per heavy atom. The number of nitrogens with zero attached hydrogens (tertiary/aromatic N) is 3. The van der Waals surface area contributed by atoms with Crippen molar-refractivity contribution in [2.75, 3.05) is 0 Å². The van der Waals surface area contributed by atoms with Crippen molar-refractivity contribution in [2.45, 2.75) is 6.92 Å². The minimum absolute atomic E-state index is 0.802. The van der Waals surface area contributed by atoms with E-state index in [0.29, 0.717) is 0 Å². The predicted octanol–water partition coefficient (Wildman–Crippen LogP) is 2.70. The van der Waals surface area contributed by atoms with Crippen molar-refractivity contribution in [1.82, 2.24) is 15.0 Å². The van der Waals surface area contributed by atoms with Crippen LogP contribution in [0, 0.1) is 0 Å². The van der Waals surface area contributed by atoms with E-state index in [1.807, 2.05) is 19.1 Å². The van der Waals surface area contributed by atoms with Crippen molar-refractivity contribution < 1.29 is 0 Å². The van der Waals surface area contributed by atoms with Crippen molar-refractivity contribution >= 4 is 23.2 Å². The summed E-state index contributed by atoms with van der Waals surface area (Å²) >= 11 is 0. The van der Waals surface area contributed by atoms with Crippen LogP contribution in [0.3, 0.4) is 0 Å². The molecule has 0 aliphatic carbocycles. The molecule has 0 amide bonds. The lowest BCUT2D eigenvalue weighted by Crippen LogP contribution is -1.92. The monoisotopic (exact) mass is 197 g/mol. The third-order valence-corrected chi connectivity index (χ3v) is 2.11. The van der Waals surface area contributed by atoms with E-state index in [9.17, 15) is 0 Å². The van der Waals surface area contributed by atoms with E-state index >= 15 is 0 Å². The van der Waals surface area contributed by atoms with Gasteiger partial charge in [-0.2, -0.15) is 0 Å². The first kappa shape index (κ1) is 9.52. The average molecular weight is 197 g/mol. The zero-order valence-corrected chi connectivity index (χ0v) is 8.51. The first-order chi connectivity index (χ1) is 7.36. The molecule has 0 aliphatic rings. The highest BCUT2D eigenvalue weighted by Gasteiger charge is 2.05. The summed E-state index contributed by atoms with van der Waals surface area (Å²) in [5.74, 6) is 0. The molecule has 2 rings (SSSR count). The maximum atomic E-state index is 4.31. The van der Waals surface area contributed by atoms with Gasteiger partial charge < -0.3 is 0 Å². The third kappa shape index (κ3) is 1.64. The Hall–Kier alpha value is -2.03. The maximum absolute atomic E-state index is 4.31. The Bertz CT molecular complexity index is 529. The highest BCUT2D eigenvalue weighted by Crippen LogP contribution is 2.18. The summed E-state index contributed by atoms with van der Waals surface area (Å²) in [6, 6.07) is 0. The smallest absolute Gasteiger partial charge is 0.108 e. The van der Waals surface area contributed by atoms with E-state index in [0.717, 1.165) is 22.3 Å². The fourth-order valence-corrected chi connectivity index (χ4v) is 1.47. The van der Waals surface area contributed by atoms with Crippen LogP contribution in [0.5, 0.6) is 0 Å². The molecule has 2 heterocycles. The molecule has 0 N–H and O–H groups in total. The Labute approximate surface area is 88.2 Å². The normalized spacial score (nSPS) is 11.0. The zero-order chi connectivity index (χ0) is 10.7. The van der Waals surface area contributed by atoms with Gasteiger partial charge in [-0.15, -0.1) is 0 Å². The Kier molecular flexibility index (Phi) is 2.54. The van der Waals surface area contributed by atoms with Gasteiger partial charge in [0.25, 0.3) is 0 Å². The van der Waals surface area contributed by atoms with E-state index in [1.54, 1.807) is 24.7 Å². The van der Waals surface area contributed by atoms with E-state index in [1.165, 1.54) is 0 Å². The lowest BCUT2D eigenvalue weighted by molar-refractivity contribution is 1.23. The molecule has 0 fully saturated rings. The van der Waals surface area contributed by atoms with Gasteiger partial charge in [0.15, 0.2) is 0 Å². The molecule has 0 saturated heterocycles. The van der Waals surface area contributed by atoms with Gasteiger partial charge in [0, 0.05) is 18.0 Å². The van der Waals surface area contributed by atoms with E-state index in [-0.39, 0.29) is 0 Å². The minimum atomic E-state index is 0.802. The highest BCUT2D eigenvalue weighted by atomic mass is 14.8. The van der Waals surface area contributed by atoms with Crippen LogP contribution < -0.4 is 0 Å². The van der Waals surface area contributed by atoms with Gasteiger partial charge in [-0.05, 0) is 13.0 Å². The standard InChI is InChI=1S/C12H11N3/c1-3-5-9-10(4-2)15-8-11-12(9)14-7-6-13-11/h3-8H,2H2,1H3/b5-3-. The van der Waals surface area contributed by atoms with Crippen LogP contribution in [0.1, 0.15) is 18.2 Å². The summed E-state index contributed by atoms with van der Waals surface area (Å²) in [7, 11) is 0. The molecule has 0 atom stereocenters. The predicted molar refractivity (Wildman–Crippen MR) is 62.1 cm³/mol. The van der Waals surface area contributed by atoms with Gasteiger partial charge in [-0.25, -0.2) is 0 Å². The topological polar surface area (TPSA) is 38.7 Å². The van der Waals surface area contributed by atoms with Gasteiger partial charge in [-0.3, -0.25) is 15.0 Å². The molecular formula is C12H11N3. The molecule has 0 spiro atoms. The zero-order valence-electron chi connectivity index (χ0n) is 8.51. The van der Waals surface area contributed by atoms with Crippen molar-refractivity contribution in [3.8, 4) is 0 Å². The summed E-state index contributed by atoms with van der Waals surface area (Å²) in [5.41, 5.74) is 3.47. The molecule has 2 aromatic rings. The molecule has 3 heteroatoms. The summed E-state index contributed by atoms with van der Waals surface area (Å²) in [6.07, 6.45) is 10.7. The molecule has 0 aromatic carbocycles. The fourth-order valence-electron chi connectivity index (χ4n) is 1.47. The fraction of sp³-hybridized carbons (Fsp3) is 0.0833. The Morgan fingerprint density at radius 3 is 2.73 bits per heavy atom. The maximum Gasteiger partial charge on any atom is 0.108 e. The van der Waals surface area contributed by atoms with Crippen LogP contribution in [0.4, 0.5) is 0 Å².